The number of carbonyl (C=O) groups excluding carboxylic acids is 2. The number of amides is 1. The Morgan fingerprint density at radius 2 is 1.81 bits per heavy atom. The summed E-state index contributed by atoms with van der Waals surface area (Å²) < 4.78 is 10.3. The second kappa shape index (κ2) is 5.16. The Balaban J connectivity index is 1.96. The number of ether oxygens (including phenoxy) is 2. The fourth-order valence-corrected chi connectivity index (χ4v) is 3.49. The summed E-state index contributed by atoms with van der Waals surface area (Å²) in [4.78, 5) is 25.8. The Bertz CT molecular complexity index is 435. The highest BCUT2D eigenvalue weighted by Gasteiger charge is 2.71. The van der Waals surface area contributed by atoms with Crippen LogP contribution in [-0.2, 0) is 14.3 Å². The highest BCUT2D eigenvalue weighted by atomic mass is 16.6. The summed E-state index contributed by atoms with van der Waals surface area (Å²) in [5.41, 5.74) is 4.71. The van der Waals surface area contributed by atoms with Crippen molar-refractivity contribution < 1.29 is 19.1 Å². The maximum absolute atomic E-state index is 12.1. The van der Waals surface area contributed by atoms with Crippen LogP contribution in [0.2, 0.25) is 0 Å². The summed E-state index contributed by atoms with van der Waals surface area (Å²) in [7, 11) is 1.40. The molecule has 1 amide bonds. The monoisotopic (exact) mass is 298 g/mol. The molecule has 6 heteroatoms. The molecular formula is C15H26N2O4. The van der Waals surface area contributed by atoms with Gasteiger partial charge in [-0.15, -0.1) is 0 Å². The minimum absolute atomic E-state index is 0.0899. The fourth-order valence-electron chi connectivity index (χ4n) is 3.49. The van der Waals surface area contributed by atoms with Crippen LogP contribution in [-0.4, -0.2) is 49.3 Å². The number of likely N-dealkylation sites (tertiary alicyclic amines) is 1. The smallest absolute Gasteiger partial charge is 0.410 e. The lowest BCUT2D eigenvalue weighted by Crippen LogP contribution is -2.45. The average molecular weight is 298 g/mol. The molecule has 2 fully saturated rings. The molecule has 1 saturated heterocycles. The number of hydrogen-bond donors (Lipinski definition) is 1. The van der Waals surface area contributed by atoms with Crippen LogP contribution in [0.1, 0.15) is 40.0 Å². The van der Waals surface area contributed by atoms with Crippen LogP contribution >= 0.6 is 0 Å². The first-order chi connectivity index (χ1) is 9.70. The van der Waals surface area contributed by atoms with E-state index in [4.69, 9.17) is 15.2 Å². The molecule has 0 aromatic heterocycles. The molecule has 1 heterocycles. The van der Waals surface area contributed by atoms with Crippen LogP contribution in [0.3, 0.4) is 0 Å². The summed E-state index contributed by atoms with van der Waals surface area (Å²) in [6, 6.07) is 0. The number of methoxy groups -OCH3 is 1. The topological polar surface area (TPSA) is 81.9 Å². The minimum Gasteiger partial charge on any atom is -0.469 e. The van der Waals surface area contributed by atoms with Gasteiger partial charge in [0.05, 0.1) is 12.5 Å². The Kier molecular flexibility index (Phi) is 3.95. The lowest BCUT2D eigenvalue weighted by molar-refractivity contribution is -0.148. The number of nitrogens with two attached hydrogens (primary N) is 1. The Morgan fingerprint density at radius 1 is 1.24 bits per heavy atom. The number of hydrogen-bond acceptors (Lipinski definition) is 5. The van der Waals surface area contributed by atoms with Gasteiger partial charge < -0.3 is 20.1 Å². The lowest BCUT2D eigenvalue weighted by atomic mass is 9.84. The van der Waals surface area contributed by atoms with Crippen LogP contribution in [0.4, 0.5) is 4.79 Å². The van der Waals surface area contributed by atoms with Gasteiger partial charge in [0.2, 0.25) is 0 Å². The quantitative estimate of drug-likeness (QED) is 0.782. The third-order valence-electron chi connectivity index (χ3n) is 4.83. The first-order valence-electron chi connectivity index (χ1n) is 7.46. The zero-order valence-corrected chi connectivity index (χ0v) is 13.4. The predicted octanol–water partition coefficient (Wildman–Crippen LogP) is 1.53. The summed E-state index contributed by atoms with van der Waals surface area (Å²) in [5, 5.41) is 0. The highest BCUT2D eigenvalue weighted by molar-refractivity contribution is 5.82. The first kappa shape index (κ1) is 16.1. The van der Waals surface area contributed by atoms with E-state index in [1.807, 2.05) is 20.8 Å². The molecular weight excluding hydrogens is 272 g/mol. The van der Waals surface area contributed by atoms with Crippen molar-refractivity contribution in [2.45, 2.75) is 45.6 Å². The molecule has 0 aromatic rings. The number of carbonyl (C=O) groups is 2. The van der Waals surface area contributed by atoms with Gasteiger partial charge in [0.25, 0.3) is 0 Å². The number of piperidine rings is 1. The molecule has 6 nitrogen and oxygen atoms in total. The van der Waals surface area contributed by atoms with E-state index >= 15 is 0 Å². The van der Waals surface area contributed by atoms with Crippen molar-refractivity contribution in [3.63, 3.8) is 0 Å². The second-order valence-electron chi connectivity index (χ2n) is 7.20. The van der Waals surface area contributed by atoms with Gasteiger partial charge in [0, 0.05) is 19.6 Å². The van der Waals surface area contributed by atoms with Crippen molar-refractivity contribution in [1.82, 2.24) is 4.90 Å². The number of esters is 1. The molecule has 1 aliphatic heterocycles. The largest absolute Gasteiger partial charge is 0.469 e. The normalized spacial score (nSPS) is 27.4. The van der Waals surface area contributed by atoms with Crippen LogP contribution < -0.4 is 5.73 Å². The van der Waals surface area contributed by atoms with E-state index in [1.54, 1.807) is 4.90 Å². The third kappa shape index (κ3) is 2.73. The van der Waals surface area contributed by atoms with Crippen LogP contribution in [0.15, 0.2) is 0 Å². The molecule has 2 N–H and O–H groups in total. The van der Waals surface area contributed by atoms with Gasteiger partial charge in [-0.05, 0) is 45.4 Å². The van der Waals surface area contributed by atoms with Crippen molar-refractivity contribution in [1.29, 1.82) is 0 Å². The molecule has 1 aliphatic carbocycles. The number of nitrogens with zero attached hydrogens (tertiary/aromatic N) is 1. The second-order valence-corrected chi connectivity index (χ2v) is 7.20. The molecule has 0 unspecified atom stereocenters. The average Bonchev–Trinajstić information content (AvgIpc) is 3.05. The Labute approximate surface area is 125 Å². The van der Waals surface area contributed by atoms with Crippen LogP contribution in [0, 0.1) is 10.8 Å². The Hall–Kier alpha value is -1.30. The van der Waals surface area contributed by atoms with Gasteiger partial charge in [0.1, 0.15) is 5.60 Å². The summed E-state index contributed by atoms with van der Waals surface area (Å²) >= 11 is 0. The van der Waals surface area contributed by atoms with Gasteiger partial charge in [-0.1, -0.05) is 0 Å². The molecule has 1 atom stereocenters. The van der Waals surface area contributed by atoms with E-state index in [0.29, 0.717) is 19.6 Å². The summed E-state index contributed by atoms with van der Waals surface area (Å²) in [5.74, 6) is -0.212. The third-order valence-corrected chi connectivity index (χ3v) is 4.83. The molecule has 0 radical (unpaired) electrons. The molecule has 2 rings (SSSR count). The standard InChI is InChI=1S/C15H26N2O4/c1-13(2,3)21-12(19)17-7-5-14(6-8-17)9-15(14,10-16)11(18)20-4/h5-10,16H2,1-4H3/t15-/m0/s1. The SMILES string of the molecule is COC(=O)[C@@]1(CN)CC12CCN(C(=O)OC(C)(C)C)CC2. The molecule has 1 saturated carbocycles. The molecule has 0 bridgehead atoms. The van der Waals surface area contributed by atoms with Gasteiger partial charge in [-0.25, -0.2) is 4.79 Å². The molecule has 120 valence electrons. The molecule has 1 spiro atoms. The maximum Gasteiger partial charge on any atom is 0.410 e. The Morgan fingerprint density at radius 3 is 2.24 bits per heavy atom. The molecule has 0 aromatic carbocycles. The summed E-state index contributed by atoms with van der Waals surface area (Å²) in [6.45, 7) is 7.09. The van der Waals surface area contributed by atoms with E-state index in [0.717, 1.165) is 19.3 Å². The van der Waals surface area contributed by atoms with Gasteiger partial charge in [0.15, 0.2) is 0 Å². The zero-order chi connectivity index (χ0) is 15.9. The van der Waals surface area contributed by atoms with Crippen LogP contribution in [0.5, 0.6) is 0 Å². The van der Waals surface area contributed by atoms with Crippen molar-refractivity contribution in [2.24, 2.45) is 16.6 Å². The van der Waals surface area contributed by atoms with Gasteiger partial charge >= 0.3 is 12.1 Å². The predicted molar refractivity (Wildman–Crippen MR) is 77.6 cm³/mol. The van der Waals surface area contributed by atoms with Crippen molar-refractivity contribution in [3.05, 3.63) is 0 Å². The van der Waals surface area contributed by atoms with E-state index in [1.165, 1.54) is 7.11 Å². The van der Waals surface area contributed by atoms with E-state index in [9.17, 15) is 9.59 Å². The first-order valence-corrected chi connectivity index (χ1v) is 7.46. The van der Waals surface area contributed by atoms with E-state index in [-0.39, 0.29) is 17.5 Å². The van der Waals surface area contributed by atoms with Crippen molar-refractivity contribution >= 4 is 12.1 Å². The van der Waals surface area contributed by atoms with E-state index < -0.39 is 11.0 Å². The van der Waals surface area contributed by atoms with Gasteiger partial charge in [-0.3, -0.25) is 4.79 Å². The highest BCUT2D eigenvalue weighted by Crippen LogP contribution is 2.69. The van der Waals surface area contributed by atoms with Crippen molar-refractivity contribution in [3.8, 4) is 0 Å². The fraction of sp³-hybridized carbons (Fsp3) is 0.867. The molecule has 2 aliphatic rings. The number of rotatable bonds is 2. The van der Waals surface area contributed by atoms with Crippen molar-refractivity contribution in [2.75, 3.05) is 26.7 Å². The minimum atomic E-state index is -0.540. The molecule has 21 heavy (non-hydrogen) atoms. The zero-order valence-electron chi connectivity index (χ0n) is 13.4. The summed E-state index contributed by atoms with van der Waals surface area (Å²) in [6.07, 6.45) is 2.04. The van der Waals surface area contributed by atoms with Crippen LogP contribution in [0.25, 0.3) is 0 Å². The van der Waals surface area contributed by atoms with E-state index in [2.05, 4.69) is 0 Å². The maximum atomic E-state index is 12.1. The van der Waals surface area contributed by atoms with Gasteiger partial charge in [-0.2, -0.15) is 0 Å². The lowest BCUT2D eigenvalue weighted by Gasteiger charge is -2.35.